The van der Waals surface area contributed by atoms with Gasteiger partial charge in [0.1, 0.15) is 17.4 Å². The number of hydrogen-bond acceptors (Lipinski definition) is 4. The average Bonchev–Trinajstić information content (AvgIpc) is 2.46. The number of pyridine rings is 2. The maximum atomic E-state index is 12.1. The predicted molar refractivity (Wildman–Crippen MR) is 76.9 cm³/mol. The van der Waals surface area contributed by atoms with Crippen LogP contribution in [0.3, 0.4) is 0 Å². The molecule has 0 unspecified atom stereocenters. The Labute approximate surface area is 126 Å². The number of halogens is 1. The molecule has 2 aromatic rings. The van der Waals surface area contributed by atoms with Gasteiger partial charge in [0.05, 0.1) is 6.54 Å². The van der Waals surface area contributed by atoms with Gasteiger partial charge in [-0.1, -0.05) is 23.7 Å². The second-order valence-electron chi connectivity index (χ2n) is 4.23. The Kier molecular flexibility index (Phi) is 4.84. The summed E-state index contributed by atoms with van der Waals surface area (Å²) in [4.78, 5) is 32.2. The Morgan fingerprint density at radius 1 is 1.19 bits per heavy atom. The van der Waals surface area contributed by atoms with Crippen LogP contribution in [0.25, 0.3) is 0 Å². The minimum absolute atomic E-state index is 0.174. The maximum Gasteiger partial charge on any atom is 0.312 e. The third-order valence-corrected chi connectivity index (χ3v) is 2.88. The number of carboxylic acids is 1. The van der Waals surface area contributed by atoms with E-state index in [-0.39, 0.29) is 6.54 Å². The number of carbonyl (C=O) groups excluding carboxylic acids is 1. The van der Waals surface area contributed by atoms with Gasteiger partial charge in [-0.15, -0.1) is 0 Å². The van der Waals surface area contributed by atoms with E-state index in [0.29, 0.717) is 11.0 Å². The number of hydrogen-bond donors (Lipinski definition) is 1. The van der Waals surface area contributed by atoms with Crippen molar-refractivity contribution in [3.63, 3.8) is 0 Å². The second kappa shape index (κ2) is 6.81. The standard InChI is InChI=1S/C14H12ClN3O3/c15-11-5-4-10(8-17-11)9-18(13(19)7-14(20)21)12-3-1-2-6-16-12/h1-6,8H,7,9H2,(H,20,21). The minimum atomic E-state index is -1.19. The lowest BCUT2D eigenvalue weighted by Crippen LogP contribution is -2.32. The summed E-state index contributed by atoms with van der Waals surface area (Å²) in [6.45, 7) is 0.174. The molecule has 2 heterocycles. The summed E-state index contributed by atoms with van der Waals surface area (Å²) in [5.41, 5.74) is 0.726. The number of nitrogens with zero attached hydrogens (tertiary/aromatic N) is 3. The molecule has 0 radical (unpaired) electrons. The topological polar surface area (TPSA) is 83.4 Å². The van der Waals surface area contributed by atoms with Crippen molar-refractivity contribution < 1.29 is 14.7 Å². The average molecular weight is 306 g/mol. The molecule has 0 saturated heterocycles. The number of aromatic nitrogens is 2. The van der Waals surface area contributed by atoms with Crippen LogP contribution in [0.4, 0.5) is 5.82 Å². The molecule has 108 valence electrons. The van der Waals surface area contributed by atoms with E-state index < -0.39 is 18.3 Å². The van der Waals surface area contributed by atoms with Gasteiger partial charge >= 0.3 is 5.97 Å². The SMILES string of the molecule is O=C(O)CC(=O)N(Cc1ccc(Cl)nc1)c1ccccn1. The molecular weight excluding hydrogens is 294 g/mol. The number of aliphatic carboxylic acids is 1. The number of rotatable bonds is 5. The molecule has 0 aromatic carbocycles. The molecule has 0 aliphatic carbocycles. The van der Waals surface area contributed by atoms with Gasteiger partial charge in [0.15, 0.2) is 0 Å². The van der Waals surface area contributed by atoms with E-state index in [1.807, 2.05) is 0 Å². The van der Waals surface area contributed by atoms with Gasteiger partial charge in [-0.3, -0.25) is 14.5 Å². The highest BCUT2D eigenvalue weighted by Gasteiger charge is 2.20. The zero-order valence-corrected chi connectivity index (χ0v) is 11.7. The van der Waals surface area contributed by atoms with E-state index in [4.69, 9.17) is 16.7 Å². The van der Waals surface area contributed by atoms with Gasteiger partial charge in [0.2, 0.25) is 5.91 Å². The van der Waals surface area contributed by atoms with Crippen molar-refractivity contribution in [3.05, 3.63) is 53.4 Å². The number of anilines is 1. The van der Waals surface area contributed by atoms with Gasteiger partial charge in [-0.2, -0.15) is 0 Å². The molecule has 0 aliphatic heterocycles. The van der Waals surface area contributed by atoms with Crippen molar-refractivity contribution in [3.8, 4) is 0 Å². The van der Waals surface area contributed by atoms with Crippen molar-refractivity contribution >= 4 is 29.3 Å². The monoisotopic (exact) mass is 305 g/mol. The van der Waals surface area contributed by atoms with Crippen molar-refractivity contribution in [1.29, 1.82) is 0 Å². The van der Waals surface area contributed by atoms with Gasteiger partial charge in [-0.05, 0) is 23.8 Å². The lowest BCUT2D eigenvalue weighted by molar-refractivity contribution is -0.140. The number of amides is 1. The fraction of sp³-hybridized carbons (Fsp3) is 0.143. The first-order valence-electron chi connectivity index (χ1n) is 6.10. The van der Waals surface area contributed by atoms with E-state index in [1.54, 1.807) is 30.3 Å². The van der Waals surface area contributed by atoms with Gasteiger partial charge in [0, 0.05) is 12.4 Å². The van der Waals surface area contributed by atoms with E-state index in [0.717, 1.165) is 5.56 Å². The Balaban J connectivity index is 2.25. The highest BCUT2D eigenvalue weighted by Crippen LogP contribution is 2.16. The molecule has 0 aliphatic rings. The Bertz CT molecular complexity index is 632. The molecule has 0 spiro atoms. The Morgan fingerprint density at radius 2 is 2.00 bits per heavy atom. The highest BCUT2D eigenvalue weighted by molar-refractivity contribution is 6.29. The molecule has 2 rings (SSSR count). The molecule has 1 amide bonds. The van der Waals surface area contributed by atoms with Gasteiger partial charge < -0.3 is 5.11 Å². The first-order valence-corrected chi connectivity index (χ1v) is 6.47. The third-order valence-electron chi connectivity index (χ3n) is 2.66. The van der Waals surface area contributed by atoms with E-state index in [2.05, 4.69) is 9.97 Å². The molecule has 0 fully saturated rings. The molecule has 0 atom stereocenters. The summed E-state index contributed by atoms with van der Waals surface area (Å²) in [5, 5.41) is 9.13. The smallest absolute Gasteiger partial charge is 0.312 e. The fourth-order valence-electron chi connectivity index (χ4n) is 1.72. The van der Waals surface area contributed by atoms with Crippen LogP contribution in [0.15, 0.2) is 42.7 Å². The lowest BCUT2D eigenvalue weighted by atomic mass is 10.2. The van der Waals surface area contributed by atoms with Crippen molar-refractivity contribution in [2.24, 2.45) is 0 Å². The lowest BCUT2D eigenvalue weighted by Gasteiger charge is -2.21. The normalized spacial score (nSPS) is 10.1. The molecule has 7 heteroatoms. The second-order valence-corrected chi connectivity index (χ2v) is 4.61. The largest absolute Gasteiger partial charge is 0.481 e. The van der Waals surface area contributed by atoms with Crippen molar-refractivity contribution in [1.82, 2.24) is 9.97 Å². The van der Waals surface area contributed by atoms with Crippen LogP contribution in [-0.2, 0) is 16.1 Å². The van der Waals surface area contributed by atoms with E-state index in [9.17, 15) is 9.59 Å². The van der Waals surface area contributed by atoms with E-state index >= 15 is 0 Å². The maximum absolute atomic E-state index is 12.1. The fourth-order valence-corrected chi connectivity index (χ4v) is 1.83. The quantitative estimate of drug-likeness (QED) is 0.676. The summed E-state index contributed by atoms with van der Waals surface area (Å²) in [7, 11) is 0. The molecule has 2 aromatic heterocycles. The van der Waals surface area contributed by atoms with Crippen molar-refractivity contribution in [2.75, 3.05) is 4.90 Å². The van der Waals surface area contributed by atoms with Crippen LogP contribution in [0, 0.1) is 0 Å². The van der Waals surface area contributed by atoms with E-state index in [1.165, 1.54) is 17.3 Å². The molecule has 21 heavy (non-hydrogen) atoms. The van der Waals surface area contributed by atoms with Crippen LogP contribution in [-0.4, -0.2) is 27.0 Å². The summed E-state index contributed by atoms with van der Waals surface area (Å²) in [5.74, 6) is -1.34. The van der Waals surface area contributed by atoms with Crippen LogP contribution in [0.1, 0.15) is 12.0 Å². The van der Waals surface area contributed by atoms with Crippen LogP contribution in [0.5, 0.6) is 0 Å². The third kappa shape index (κ3) is 4.25. The summed E-state index contributed by atoms with van der Waals surface area (Å²) in [6.07, 6.45) is 2.47. The highest BCUT2D eigenvalue weighted by atomic mass is 35.5. The summed E-state index contributed by atoms with van der Waals surface area (Å²) in [6, 6.07) is 8.41. The zero-order chi connectivity index (χ0) is 15.2. The number of carboxylic acid groups (broad SMARTS) is 1. The Morgan fingerprint density at radius 3 is 2.57 bits per heavy atom. The van der Waals surface area contributed by atoms with Gasteiger partial charge in [-0.25, -0.2) is 9.97 Å². The molecule has 1 N–H and O–H groups in total. The van der Waals surface area contributed by atoms with Crippen LogP contribution < -0.4 is 4.90 Å². The first-order chi connectivity index (χ1) is 10.1. The minimum Gasteiger partial charge on any atom is -0.481 e. The Hall–Kier alpha value is -2.47. The zero-order valence-electron chi connectivity index (χ0n) is 10.9. The number of carbonyl (C=O) groups is 2. The summed E-state index contributed by atoms with van der Waals surface area (Å²) >= 11 is 5.71. The van der Waals surface area contributed by atoms with Gasteiger partial charge in [0.25, 0.3) is 0 Å². The molecule has 0 bridgehead atoms. The first kappa shape index (κ1) is 14.9. The van der Waals surface area contributed by atoms with Crippen molar-refractivity contribution in [2.45, 2.75) is 13.0 Å². The summed E-state index contributed by atoms with van der Waals surface area (Å²) < 4.78 is 0. The molecule has 0 saturated carbocycles. The molecular formula is C14H12ClN3O3. The van der Waals surface area contributed by atoms with Crippen LogP contribution >= 0.6 is 11.6 Å². The molecule has 6 nitrogen and oxygen atoms in total. The van der Waals surface area contributed by atoms with Crippen LogP contribution in [0.2, 0.25) is 5.15 Å². The predicted octanol–water partition coefficient (Wildman–Crippen LogP) is 2.14.